The summed E-state index contributed by atoms with van der Waals surface area (Å²) in [5.74, 6) is -0.862. The quantitative estimate of drug-likeness (QED) is 0.339. The molecule has 1 unspecified atom stereocenters. The molecule has 34 heavy (non-hydrogen) atoms. The number of amides is 2. The first-order chi connectivity index (χ1) is 16.3. The number of ether oxygens (including phenoxy) is 1. The van der Waals surface area contributed by atoms with Crippen molar-refractivity contribution in [3.05, 3.63) is 34.3 Å². The van der Waals surface area contributed by atoms with Crippen LogP contribution in [0.25, 0.3) is 0 Å². The van der Waals surface area contributed by atoms with Crippen molar-refractivity contribution in [3.63, 3.8) is 0 Å². The standard InChI is InChI=1S/C25H37ClN4O4/c1-2-34-22(31)15-29-23(17-7-4-3-5-8-17)25(33)30(12-6-9-21(30)24(28)32)16-19-13-20(26)11-10-18(19)14-27/h10-11,13,17,21,23,29H,2-9,12,14-16,27H2,1H3,(H-,28,32)/p+1/t21-,23+,30?/m0/s1. The van der Waals surface area contributed by atoms with E-state index in [0.717, 1.165) is 43.2 Å². The first kappa shape index (κ1) is 26.6. The van der Waals surface area contributed by atoms with Crippen molar-refractivity contribution >= 4 is 29.4 Å². The largest absolute Gasteiger partial charge is 0.465 e. The molecule has 1 heterocycles. The number of halogens is 1. The molecule has 0 radical (unpaired) electrons. The molecule has 2 amide bonds. The van der Waals surface area contributed by atoms with Crippen molar-refractivity contribution in [2.24, 2.45) is 17.4 Å². The summed E-state index contributed by atoms with van der Waals surface area (Å²) in [5, 5.41) is 3.77. The number of nitrogens with one attached hydrogen (secondary N) is 1. The Kier molecular flexibility index (Phi) is 9.47. The van der Waals surface area contributed by atoms with Crippen LogP contribution in [0.1, 0.15) is 63.0 Å². The monoisotopic (exact) mass is 493 g/mol. The van der Waals surface area contributed by atoms with Gasteiger partial charge >= 0.3 is 11.9 Å². The van der Waals surface area contributed by atoms with Gasteiger partial charge in [0.05, 0.1) is 19.7 Å². The number of primary amides is 1. The van der Waals surface area contributed by atoms with Crippen LogP contribution in [0.3, 0.4) is 0 Å². The normalized spacial score (nSPS) is 24.0. The van der Waals surface area contributed by atoms with Crippen LogP contribution in [0, 0.1) is 5.92 Å². The second-order valence-corrected chi connectivity index (χ2v) is 9.93. The van der Waals surface area contributed by atoms with Crippen molar-refractivity contribution in [2.45, 2.75) is 77.0 Å². The lowest BCUT2D eigenvalue weighted by molar-refractivity contribution is -0.871. The molecule has 1 aromatic rings. The van der Waals surface area contributed by atoms with E-state index >= 15 is 0 Å². The molecule has 0 spiro atoms. The Balaban J connectivity index is 2.00. The minimum Gasteiger partial charge on any atom is -0.465 e. The maximum Gasteiger partial charge on any atom is 0.331 e. The summed E-state index contributed by atoms with van der Waals surface area (Å²) in [4.78, 5) is 39.2. The summed E-state index contributed by atoms with van der Waals surface area (Å²) in [5.41, 5.74) is 13.6. The third-order valence-electron chi connectivity index (χ3n) is 7.40. The molecule has 0 aromatic heterocycles. The van der Waals surface area contributed by atoms with Gasteiger partial charge in [0.2, 0.25) is 0 Å². The van der Waals surface area contributed by atoms with Crippen molar-refractivity contribution in [1.82, 2.24) is 5.32 Å². The lowest BCUT2D eigenvalue weighted by Gasteiger charge is -2.41. The maximum atomic E-state index is 14.4. The number of nitrogens with two attached hydrogens (primary N) is 2. The number of likely N-dealkylation sites (tertiary alicyclic amines) is 1. The fraction of sp³-hybridized carbons (Fsp3) is 0.640. The number of carbonyl (C=O) groups excluding carboxylic acids is 3. The molecule has 1 aliphatic heterocycles. The third kappa shape index (κ3) is 5.97. The van der Waals surface area contributed by atoms with Crippen molar-refractivity contribution < 1.29 is 23.6 Å². The van der Waals surface area contributed by atoms with Crippen LogP contribution in [-0.4, -0.2) is 54.0 Å². The fourth-order valence-electron chi connectivity index (χ4n) is 5.74. The molecule has 1 saturated heterocycles. The Labute approximate surface area is 206 Å². The molecule has 9 heteroatoms. The van der Waals surface area contributed by atoms with E-state index in [1.807, 2.05) is 12.1 Å². The van der Waals surface area contributed by atoms with E-state index in [2.05, 4.69) is 5.32 Å². The lowest BCUT2D eigenvalue weighted by atomic mass is 9.82. The van der Waals surface area contributed by atoms with Gasteiger partial charge in [-0.15, -0.1) is 0 Å². The van der Waals surface area contributed by atoms with Gasteiger partial charge < -0.3 is 16.2 Å². The molecular formula is C25H38ClN4O4+. The molecule has 2 aliphatic rings. The van der Waals surface area contributed by atoms with E-state index in [1.54, 1.807) is 13.0 Å². The highest BCUT2D eigenvalue weighted by Gasteiger charge is 2.54. The van der Waals surface area contributed by atoms with Gasteiger partial charge in [0.15, 0.2) is 6.04 Å². The summed E-state index contributed by atoms with van der Waals surface area (Å²) < 4.78 is 5.02. The van der Waals surface area contributed by atoms with Crippen LogP contribution in [0.5, 0.6) is 0 Å². The number of quaternary nitrogens is 1. The number of benzene rings is 1. The summed E-state index contributed by atoms with van der Waals surface area (Å²) in [6.07, 6.45) is 6.29. The molecule has 3 atom stereocenters. The first-order valence-corrected chi connectivity index (χ1v) is 12.8. The second kappa shape index (κ2) is 12.1. The molecule has 3 rings (SSSR count). The molecule has 0 bridgehead atoms. The van der Waals surface area contributed by atoms with Crippen LogP contribution >= 0.6 is 11.6 Å². The second-order valence-electron chi connectivity index (χ2n) is 9.49. The van der Waals surface area contributed by atoms with Crippen LogP contribution in [-0.2, 0) is 32.2 Å². The number of rotatable bonds is 10. The van der Waals surface area contributed by atoms with Gasteiger partial charge in [0.25, 0.3) is 5.91 Å². The predicted octanol–water partition coefficient (Wildman–Crippen LogP) is 2.39. The lowest BCUT2D eigenvalue weighted by Crippen LogP contribution is -2.66. The minimum atomic E-state index is -0.632. The number of carbonyl (C=O) groups is 3. The van der Waals surface area contributed by atoms with E-state index in [4.69, 9.17) is 27.8 Å². The van der Waals surface area contributed by atoms with E-state index in [9.17, 15) is 14.4 Å². The summed E-state index contributed by atoms with van der Waals surface area (Å²) >= 11 is 6.29. The molecule has 1 aromatic carbocycles. The number of nitrogens with zero attached hydrogens (tertiary/aromatic N) is 1. The number of hydrogen-bond donors (Lipinski definition) is 3. The van der Waals surface area contributed by atoms with Gasteiger partial charge in [-0.2, -0.15) is 0 Å². The number of hydrogen-bond acceptors (Lipinski definition) is 6. The van der Waals surface area contributed by atoms with Crippen LogP contribution < -0.4 is 16.8 Å². The van der Waals surface area contributed by atoms with Crippen LogP contribution in [0.15, 0.2) is 18.2 Å². The molecule has 2 fully saturated rings. The highest BCUT2D eigenvalue weighted by molar-refractivity contribution is 6.30. The highest BCUT2D eigenvalue weighted by Crippen LogP contribution is 2.36. The zero-order valence-corrected chi connectivity index (χ0v) is 20.8. The summed E-state index contributed by atoms with van der Waals surface area (Å²) in [6, 6.07) is 4.28. The Bertz CT molecular complexity index is 890. The SMILES string of the molecule is CCOC(=O)CN[C@@H](C(=O)[N+]1(Cc2cc(Cl)ccc2CN)CCC[C@H]1C(N)=O)C1CCCCC1. The van der Waals surface area contributed by atoms with Crippen molar-refractivity contribution in [3.8, 4) is 0 Å². The van der Waals surface area contributed by atoms with Gasteiger partial charge in [-0.1, -0.05) is 36.9 Å². The van der Waals surface area contributed by atoms with Crippen molar-refractivity contribution in [2.75, 3.05) is 19.7 Å². The topological polar surface area (TPSA) is 125 Å². The first-order valence-electron chi connectivity index (χ1n) is 12.4. The highest BCUT2D eigenvalue weighted by atomic mass is 35.5. The minimum absolute atomic E-state index is 0.0484. The van der Waals surface area contributed by atoms with Gasteiger partial charge in [-0.05, 0) is 43.4 Å². The zero-order chi connectivity index (χ0) is 24.7. The van der Waals surface area contributed by atoms with Gasteiger partial charge in [0, 0.05) is 30.0 Å². The Morgan fingerprint density at radius 2 is 1.88 bits per heavy atom. The fourth-order valence-corrected chi connectivity index (χ4v) is 5.93. The zero-order valence-electron chi connectivity index (χ0n) is 20.1. The van der Waals surface area contributed by atoms with Gasteiger partial charge in [-0.25, -0.2) is 9.28 Å². The average molecular weight is 494 g/mol. The van der Waals surface area contributed by atoms with Crippen molar-refractivity contribution in [1.29, 1.82) is 0 Å². The van der Waals surface area contributed by atoms with E-state index in [-0.39, 0.29) is 29.5 Å². The van der Waals surface area contributed by atoms with Crippen LogP contribution in [0.2, 0.25) is 5.02 Å². The average Bonchev–Trinajstić information content (AvgIpc) is 3.25. The Hall–Kier alpha value is -2.00. The van der Waals surface area contributed by atoms with E-state index in [1.165, 1.54) is 0 Å². The Morgan fingerprint density at radius 1 is 1.15 bits per heavy atom. The smallest absolute Gasteiger partial charge is 0.331 e. The molecule has 1 saturated carbocycles. The van der Waals surface area contributed by atoms with Crippen LogP contribution in [0.4, 0.5) is 0 Å². The molecular weight excluding hydrogens is 456 g/mol. The van der Waals surface area contributed by atoms with E-state index in [0.29, 0.717) is 37.5 Å². The molecule has 1 aliphatic carbocycles. The molecule has 5 N–H and O–H groups in total. The van der Waals surface area contributed by atoms with E-state index < -0.39 is 24.0 Å². The Morgan fingerprint density at radius 3 is 2.53 bits per heavy atom. The number of esters is 1. The summed E-state index contributed by atoms with van der Waals surface area (Å²) in [7, 11) is 0. The third-order valence-corrected chi connectivity index (χ3v) is 7.63. The predicted molar refractivity (Wildman–Crippen MR) is 130 cm³/mol. The molecule has 188 valence electrons. The van der Waals surface area contributed by atoms with Gasteiger partial charge in [-0.3, -0.25) is 14.9 Å². The van der Waals surface area contributed by atoms with Gasteiger partial charge in [0.1, 0.15) is 12.6 Å². The maximum absolute atomic E-state index is 14.4. The molecule has 8 nitrogen and oxygen atoms in total. The summed E-state index contributed by atoms with van der Waals surface area (Å²) in [6.45, 7) is 3.09.